The van der Waals surface area contributed by atoms with Gasteiger partial charge in [-0.15, -0.1) is 0 Å². The molecule has 3 heterocycles. The van der Waals surface area contributed by atoms with Gasteiger partial charge in [0.15, 0.2) is 0 Å². The summed E-state index contributed by atoms with van der Waals surface area (Å²) in [6.07, 6.45) is 2.42. The van der Waals surface area contributed by atoms with Crippen molar-refractivity contribution in [2.45, 2.75) is 6.42 Å². The van der Waals surface area contributed by atoms with Gasteiger partial charge in [0.25, 0.3) is 11.5 Å². The maximum atomic E-state index is 13.0. The van der Waals surface area contributed by atoms with Gasteiger partial charge in [0, 0.05) is 55.8 Å². The fourth-order valence-electron chi connectivity index (χ4n) is 4.14. The predicted molar refractivity (Wildman–Crippen MR) is 124 cm³/mol. The minimum Gasteiger partial charge on any atom is -0.379 e. The first kappa shape index (κ1) is 20.4. The van der Waals surface area contributed by atoms with Gasteiger partial charge >= 0.3 is 0 Å². The number of hydrogen-bond donors (Lipinski definition) is 2. The Hall–Kier alpha value is -3.49. The minimum absolute atomic E-state index is 0.124. The Kier molecular flexibility index (Phi) is 5.46. The third kappa shape index (κ3) is 4.02. The molecule has 2 N–H and O–H groups in total. The number of ether oxygens (including phenoxy) is 1. The van der Waals surface area contributed by atoms with Gasteiger partial charge in [0.2, 0.25) is 0 Å². The number of nitrogens with one attached hydrogen (secondary N) is 2. The molecule has 1 saturated heterocycles. The Balaban J connectivity index is 1.35. The van der Waals surface area contributed by atoms with E-state index in [1.165, 1.54) is 4.57 Å². The van der Waals surface area contributed by atoms with E-state index in [9.17, 15) is 9.59 Å². The molecule has 1 fully saturated rings. The molecule has 0 radical (unpaired) electrons. The van der Waals surface area contributed by atoms with Gasteiger partial charge < -0.3 is 19.6 Å². The van der Waals surface area contributed by atoms with E-state index >= 15 is 0 Å². The van der Waals surface area contributed by atoms with E-state index in [0.717, 1.165) is 56.1 Å². The van der Waals surface area contributed by atoms with Gasteiger partial charge in [-0.2, -0.15) is 0 Å². The zero-order chi connectivity index (χ0) is 22.1. The van der Waals surface area contributed by atoms with Crippen LogP contribution in [0.4, 0.5) is 5.69 Å². The summed E-state index contributed by atoms with van der Waals surface area (Å²) >= 11 is 0. The van der Waals surface area contributed by atoms with Crippen LogP contribution in [0, 0.1) is 0 Å². The summed E-state index contributed by atoms with van der Waals surface area (Å²) in [7, 11) is 1.65. The summed E-state index contributed by atoms with van der Waals surface area (Å²) in [6, 6.07) is 12.8. The number of H-pyrrole nitrogens is 1. The molecule has 1 aliphatic heterocycles. The van der Waals surface area contributed by atoms with Gasteiger partial charge in [0.1, 0.15) is 5.82 Å². The number of aryl methyl sites for hydroxylation is 1. The van der Waals surface area contributed by atoms with E-state index < -0.39 is 0 Å². The number of aromatic nitrogens is 3. The van der Waals surface area contributed by atoms with Gasteiger partial charge in [-0.25, -0.2) is 4.98 Å². The molecule has 5 rings (SSSR count). The number of aromatic amines is 1. The number of nitrogens with zero attached hydrogens (tertiary/aromatic N) is 3. The second kappa shape index (κ2) is 8.57. The van der Waals surface area contributed by atoms with Gasteiger partial charge in [-0.05, 0) is 24.3 Å². The summed E-state index contributed by atoms with van der Waals surface area (Å²) in [5.41, 5.74) is 2.75. The monoisotopic (exact) mass is 431 g/mol. The predicted octanol–water partition coefficient (Wildman–Crippen LogP) is 2.54. The quantitative estimate of drug-likeness (QED) is 0.507. The average molecular weight is 431 g/mol. The van der Waals surface area contributed by atoms with Crippen LogP contribution in [-0.2, 0) is 18.2 Å². The molecule has 164 valence electrons. The summed E-state index contributed by atoms with van der Waals surface area (Å²) in [4.78, 5) is 35.8. The first-order valence-corrected chi connectivity index (χ1v) is 10.8. The number of benzene rings is 2. The molecule has 1 amide bonds. The molecule has 0 atom stereocenters. The number of carbonyl (C=O) groups excluding carboxylic acids is 1. The first-order valence-electron chi connectivity index (χ1n) is 10.8. The van der Waals surface area contributed by atoms with Crippen molar-refractivity contribution in [2.75, 3.05) is 38.2 Å². The van der Waals surface area contributed by atoms with Crippen LogP contribution in [0.3, 0.4) is 0 Å². The fourth-order valence-corrected chi connectivity index (χ4v) is 4.14. The van der Waals surface area contributed by atoms with Crippen molar-refractivity contribution in [1.82, 2.24) is 19.4 Å². The molecule has 0 unspecified atom stereocenters. The van der Waals surface area contributed by atoms with Crippen molar-refractivity contribution < 1.29 is 9.53 Å². The van der Waals surface area contributed by atoms with Crippen LogP contribution < -0.4 is 10.9 Å². The zero-order valence-electron chi connectivity index (χ0n) is 17.9. The SMILES string of the molecule is Cn1cc(C(=O)Nc2ccc3nc(CCN4CCOCC4)[nH]c3c2)c2ccccc2c1=O. The van der Waals surface area contributed by atoms with E-state index in [0.29, 0.717) is 22.0 Å². The Labute approximate surface area is 184 Å². The molecule has 4 aromatic rings. The highest BCUT2D eigenvalue weighted by Crippen LogP contribution is 2.20. The topological polar surface area (TPSA) is 92.2 Å². The molecular weight excluding hydrogens is 406 g/mol. The Bertz CT molecular complexity index is 1350. The van der Waals surface area contributed by atoms with E-state index in [4.69, 9.17) is 4.74 Å². The molecule has 8 nitrogen and oxygen atoms in total. The molecule has 2 aromatic carbocycles. The molecule has 0 bridgehead atoms. The summed E-state index contributed by atoms with van der Waals surface area (Å²) in [5, 5.41) is 4.12. The number of carbonyl (C=O) groups is 1. The van der Waals surface area contributed by atoms with Gasteiger partial charge in [-0.1, -0.05) is 18.2 Å². The van der Waals surface area contributed by atoms with Crippen LogP contribution >= 0.6 is 0 Å². The lowest BCUT2D eigenvalue weighted by atomic mass is 10.1. The van der Waals surface area contributed by atoms with Crippen molar-refractivity contribution in [3.8, 4) is 0 Å². The number of fused-ring (bicyclic) bond motifs is 2. The van der Waals surface area contributed by atoms with Crippen molar-refractivity contribution in [2.24, 2.45) is 7.05 Å². The van der Waals surface area contributed by atoms with Crippen LogP contribution in [-0.4, -0.2) is 58.2 Å². The third-order valence-corrected chi connectivity index (χ3v) is 5.89. The van der Waals surface area contributed by atoms with Crippen molar-refractivity contribution in [3.05, 3.63) is 70.4 Å². The van der Waals surface area contributed by atoms with Crippen molar-refractivity contribution in [3.63, 3.8) is 0 Å². The van der Waals surface area contributed by atoms with E-state index in [1.54, 1.807) is 31.4 Å². The first-order chi connectivity index (χ1) is 15.6. The number of amides is 1. The summed E-state index contributed by atoms with van der Waals surface area (Å²) < 4.78 is 6.84. The lowest BCUT2D eigenvalue weighted by Crippen LogP contribution is -2.37. The summed E-state index contributed by atoms with van der Waals surface area (Å²) in [5.74, 6) is 0.669. The van der Waals surface area contributed by atoms with Gasteiger partial charge in [-0.3, -0.25) is 14.5 Å². The Morgan fingerprint density at radius 3 is 2.75 bits per heavy atom. The molecule has 0 spiro atoms. The Morgan fingerprint density at radius 2 is 1.94 bits per heavy atom. The van der Waals surface area contributed by atoms with Crippen LogP contribution in [0.15, 0.2) is 53.5 Å². The molecule has 1 aliphatic rings. The van der Waals surface area contributed by atoms with E-state index in [1.807, 2.05) is 24.3 Å². The summed E-state index contributed by atoms with van der Waals surface area (Å²) in [6.45, 7) is 4.42. The standard InChI is InChI=1S/C24H25N5O3/c1-28-15-19(17-4-2-3-5-18(17)24(28)31)23(30)25-16-6-7-20-21(14-16)27-22(26-20)8-9-29-10-12-32-13-11-29/h2-7,14-15H,8-13H2,1H3,(H,25,30)(H,26,27). The average Bonchev–Trinajstić information content (AvgIpc) is 3.23. The zero-order valence-corrected chi connectivity index (χ0v) is 17.9. The maximum Gasteiger partial charge on any atom is 0.258 e. The lowest BCUT2D eigenvalue weighted by Gasteiger charge is -2.25. The number of hydrogen-bond acceptors (Lipinski definition) is 5. The fraction of sp³-hybridized carbons (Fsp3) is 0.292. The highest BCUT2D eigenvalue weighted by atomic mass is 16.5. The second-order valence-electron chi connectivity index (χ2n) is 8.08. The maximum absolute atomic E-state index is 13.0. The number of anilines is 1. The van der Waals surface area contributed by atoms with Crippen LogP contribution in [0.25, 0.3) is 21.8 Å². The smallest absolute Gasteiger partial charge is 0.258 e. The molecular formula is C24H25N5O3. The number of imidazole rings is 1. The lowest BCUT2D eigenvalue weighted by molar-refractivity contribution is 0.0382. The molecule has 32 heavy (non-hydrogen) atoms. The highest BCUT2D eigenvalue weighted by Gasteiger charge is 2.15. The number of pyridine rings is 1. The van der Waals surface area contributed by atoms with E-state index in [2.05, 4.69) is 20.2 Å². The normalized spacial score (nSPS) is 14.8. The largest absolute Gasteiger partial charge is 0.379 e. The van der Waals surface area contributed by atoms with E-state index in [-0.39, 0.29) is 11.5 Å². The number of rotatable bonds is 5. The van der Waals surface area contributed by atoms with Crippen LogP contribution in [0.2, 0.25) is 0 Å². The van der Waals surface area contributed by atoms with Crippen molar-refractivity contribution in [1.29, 1.82) is 0 Å². The number of morpholine rings is 1. The molecule has 0 saturated carbocycles. The van der Waals surface area contributed by atoms with Crippen LogP contribution in [0.1, 0.15) is 16.2 Å². The molecule has 2 aromatic heterocycles. The van der Waals surface area contributed by atoms with Gasteiger partial charge in [0.05, 0.1) is 29.8 Å². The third-order valence-electron chi connectivity index (χ3n) is 5.89. The van der Waals surface area contributed by atoms with Crippen molar-refractivity contribution >= 4 is 33.4 Å². The molecule has 0 aliphatic carbocycles. The molecule has 8 heteroatoms. The Morgan fingerprint density at radius 1 is 1.16 bits per heavy atom. The van der Waals surface area contributed by atoms with Crippen LogP contribution in [0.5, 0.6) is 0 Å². The minimum atomic E-state index is -0.261. The second-order valence-corrected chi connectivity index (χ2v) is 8.08. The highest BCUT2D eigenvalue weighted by molar-refractivity contribution is 6.12.